The van der Waals surface area contributed by atoms with Crippen molar-refractivity contribution in [2.45, 2.75) is 51.8 Å². The van der Waals surface area contributed by atoms with Crippen molar-refractivity contribution >= 4 is 11.9 Å². The van der Waals surface area contributed by atoms with Crippen LogP contribution in [0.4, 0.5) is 13.2 Å². The molecule has 0 unspecified atom stereocenters. The predicted molar refractivity (Wildman–Crippen MR) is 106 cm³/mol. The van der Waals surface area contributed by atoms with Crippen LogP contribution >= 0.6 is 0 Å². The minimum absolute atomic E-state index is 0.0560. The molecule has 0 aromatic heterocycles. The highest BCUT2D eigenvalue weighted by Crippen LogP contribution is 2.43. The van der Waals surface area contributed by atoms with Gasteiger partial charge in [-0.05, 0) is 32.6 Å². The van der Waals surface area contributed by atoms with Crippen LogP contribution in [0, 0.1) is 5.92 Å². The molecule has 0 saturated heterocycles. The smallest absolute Gasteiger partial charge is 0.432 e. The summed E-state index contributed by atoms with van der Waals surface area (Å²) in [6.45, 7) is 5.57. The summed E-state index contributed by atoms with van der Waals surface area (Å²) >= 11 is 0. The van der Waals surface area contributed by atoms with Gasteiger partial charge in [0.15, 0.2) is 0 Å². The summed E-state index contributed by atoms with van der Waals surface area (Å²) in [7, 11) is 0.833. The number of methoxy groups -OCH3 is 1. The molecule has 0 aliphatic carbocycles. The number of alkyl halides is 3. The molecule has 1 aromatic rings. The molecule has 2 atom stereocenters. The van der Waals surface area contributed by atoms with E-state index < -0.39 is 17.7 Å². The van der Waals surface area contributed by atoms with Crippen molar-refractivity contribution in [2.75, 3.05) is 20.3 Å². The van der Waals surface area contributed by atoms with Crippen LogP contribution in [0.25, 0.3) is 0 Å². The largest absolute Gasteiger partial charge is 0.466 e. The molecule has 0 fully saturated rings. The van der Waals surface area contributed by atoms with Gasteiger partial charge in [-0.1, -0.05) is 48.9 Å². The van der Waals surface area contributed by atoms with Crippen LogP contribution in [-0.4, -0.2) is 38.4 Å². The van der Waals surface area contributed by atoms with Crippen molar-refractivity contribution in [1.29, 1.82) is 0 Å². The Labute approximate surface area is 175 Å². The van der Waals surface area contributed by atoms with Gasteiger partial charge >= 0.3 is 18.1 Å². The van der Waals surface area contributed by atoms with E-state index in [-0.39, 0.29) is 30.5 Å². The monoisotopic (exact) mass is 430 g/mol. The third-order valence-corrected chi connectivity index (χ3v) is 4.58. The van der Waals surface area contributed by atoms with E-state index in [4.69, 9.17) is 14.2 Å². The van der Waals surface area contributed by atoms with Gasteiger partial charge in [-0.25, -0.2) is 4.79 Å². The molecular weight excluding hydrogens is 401 g/mol. The fraction of sp³-hybridized carbons (Fsp3) is 0.545. The lowest BCUT2D eigenvalue weighted by molar-refractivity contribution is -0.276. The van der Waals surface area contributed by atoms with Gasteiger partial charge in [0.05, 0.1) is 13.2 Å². The number of esters is 2. The normalized spacial score (nSPS) is 15.2. The van der Waals surface area contributed by atoms with Crippen molar-refractivity contribution in [3.05, 3.63) is 47.5 Å². The van der Waals surface area contributed by atoms with Crippen LogP contribution in [-0.2, 0) is 29.4 Å². The van der Waals surface area contributed by atoms with Crippen LogP contribution < -0.4 is 0 Å². The summed E-state index contributed by atoms with van der Waals surface area (Å²) in [5.74, 6) is -1.84. The summed E-state index contributed by atoms with van der Waals surface area (Å²) in [6.07, 6.45) is -1.98. The molecule has 0 aliphatic rings. The zero-order valence-corrected chi connectivity index (χ0v) is 17.8. The standard InChI is InChI=1S/C22H29F3O5/c1-5-29-19(26)12-11-16(2)15-17(3)13-14-30-20(27)21(28-4,22(23,24)25)18-9-7-6-8-10-18/h6-10,15,17H,5,11-14H2,1-4H3/b16-15+/t17-,21-/m0/s1. The highest BCUT2D eigenvalue weighted by atomic mass is 19.4. The molecule has 30 heavy (non-hydrogen) atoms. The quantitative estimate of drug-likeness (QED) is 0.367. The number of hydrogen-bond donors (Lipinski definition) is 0. The summed E-state index contributed by atoms with van der Waals surface area (Å²) in [5, 5.41) is 0. The first-order chi connectivity index (χ1) is 14.1. The van der Waals surface area contributed by atoms with Gasteiger partial charge in [-0.2, -0.15) is 13.2 Å². The average molecular weight is 430 g/mol. The van der Waals surface area contributed by atoms with Gasteiger partial charge in [-0.15, -0.1) is 0 Å². The van der Waals surface area contributed by atoms with E-state index in [1.807, 2.05) is 19.9 Å². The molecule has 0 N–H and O–H groups in total. The van der Waals surface area contributed by atoms with Gasteiger partial charge in [0.2, 0.25) is 0 Å². The maximum atomic E-state index is 13.8. The van der Waals surface area contributed by atoms with E-state index in [2.05, 4.69) is 0 Å². The Balaban J connectivity index is 2.72. The molecule has 0 aliphatic heterocycles. The summed E-state index contributed by atoms with van der Waals surface area (Å²) in [6, 6.07) is 6.69. The van der Waals surface area contributed by atoms with Crippen LogP contribution in [0.1, 0.15) is 45.6 Å². The number of allylic oxidation sites excluding steroid dienone is 2. The first-order valence-electron chi connectivity index (χ1n) is 9.76. The first kappa shape index (κ1) is 25.7. The topological polar surface area (TPSA) is 61.8 Å². The van der Waals surface area contributed by atoms with E-state index in [1.54, 1.807) is 13.0 Å². The van der Waals surface area contributed by atoms with Crippen LogP contribution in [0.5, 0.6) is 0 Å². The van der Waals surface area contributed by atoms with Crippen molar-refractivity contribution < 1.29 is 37.0 Å². The number of ether oxygens (including phenoxy) is 3. The van der Waals surface area contributed by atoms with Crippen molar-refractivity contribution in [3.63, 3.8) is 0 Å². The zero-order chi connectivity index (χ0) is 22.8. The van der Waals surface area contributed by atoms with Crippen LogP contribution in [0.3, 0.4) is 0 Å². The molecule has 0 spiro atoms. The Morgan fingerprint density at radius 3 is 2.27 bits per heavy atom. The average Bonchev–Trinajstić information content (AvgIpc) is 2.67. The number of halogens is 3. The maximum Gasteiger partial charge on any atom is 0.432 e. The molecule has 0 radical (unpaired) electrons. The second kappa shape index (κ2) is 11.7. The second-order valence-electron chi connectivity index (χ2n) is 6.97. The first-order valence-corrected chi connectivity index (χ1v) is 9.76. The molecule has 168 valence electrons. The van der Waals surface area contributed by atoms with Gasteiger partial charge in [0.1, 0.15) is 0 Å². The molecule has 5 nitrogen and oxygen atoms in total. The lowest BCUT2D eigenvalue weighted by atomic mass is 9.92. The van der Waals surface area contributed by atoms with E-state index in [0.29, 0.717) is 19.4 Å². The number of benzene rings is 1. The highest BCUT2D eigenvalue weighted by Gasteiger charge is 2.64. The molecular formula is C22H29F3O5. The SMILES string of the molecule is CCOC(=O)CC/C(C)=C/[C@@H](C)CCOC(=O)[C@@](OC)(c1ccccc1)C(F)(F)F. The van der Waals surface area contributed by atoms with Gasteiger partial charge in [0.25, 0.3) is 5.60 Å². The molecule has 1 aromatic carbocycles. The van der Waals surface area contributed by atoms with E-state index in [1.165, 1.54) is 24.3 Å². The van der Waals surface area contributed by atoms with E-state index >= 15 is 0 Å². The fourth-order valence-electron chi connectivity index (χ4n) is 3.01. The lowest BCUT2D eigenvalue weighted by Gasteiger charge is -2.32. The fourth-order valence-corrected chi connectivity index (χ4v) is 3.01. The molecule has 0 bridgehead atoms. The third kappa shape index (κ3) is 6.86. The number of carbonyl (C=O) groups is 2. The predicted octanol–water partition coefficient (Wildman–Crippen LogP) is 4.95. The Kier molecular flexibility index (Phi) is 10.0. The van der Waals surface area contributed by atoms with Gasteiger partial charge < -0.3 is 14.2 Å². The summed E-state index contributed by atoms with van der Waals surface area (Å²) in [4.78, 5) is 23.8. The molecule has 8 heteroatoms. The van der Waals surface area contributed by atoms with Crippen molar-refractivity contribution in [2.24, 2.45) is 5.92 Å². The Bertz CT molecular complexity index is 715. The lowest BCUT2D eigenvalue weighted by Crippen LogP contribution is -2.51. The summed E-state index contributed by atoms with van der Waals surface area (Å²) < 4.78 is 55.9. The van der Waals surface area contributed by atoms with Gasteiger partial charge in [-0.3, -0.25) is 4.79 Å². The minimum Gasteiger partial charge on any atom is -0.466 e. The maximum absolute atomic E-state index is 13.8. The van der Waals surface area contributed by atoms with E-state index in [0.717, 1.165) is 12.7 Å². The van der Waals surface area contributed by atoms with Crippen molar-refractivity contribution in [3.8, 4) is 0 Å². The summed E-state index contributed by atoms with van der Waals surface area (Å²) in [5.41, 5.74) is -2.57. The van der Waals surface area contributed by atoms with Crippen molar-refractivity contribution in [1.82, 2.24) is 0 Å². The van der Waals surface area contributed by atoms with E-state index in [9.17, 15) is 22.8 Å². The molecule has 0 amide bonds. The minimum atomic E-state index is -4.99. The Hall–Kier alpha value is -2.35. The number of rotatable bonds is 11. The second-order valence-corrected chi connectivity index (χ2v) is 6.97. The highest BCUT2D eigenvalue weighted by molar-refractivity contribution is 5.82. The zero-order valence-electron chi connectivity index (χ0n) is 17.8. The third-order valence-electron chi connectivity index (χ3n) is 4.58. The van der Waals surface area contributed by atoms with Gasteiger partial charge in [0, 0.05) is 19.1 Å². The molecule has 0 saturated carbocycles. The number of hydrogen-bond acceptors (Lipinski definition) is 5. The van der Waals surface area contributed by atoms with Crippen LogP contribution in [0.15, 0.2) is 42.0 Å². The van der Waals surface area contributed by atoms with Crippen LogP contribution in [0.2, 0.25) is 0 Å². The number of carbonyl (C=O) groups excluding carboxylic acids is 2. The Morgan fingerprint density at radius 1 is 1.10 bits per heavy atom. The molecule has 0 heterocycles. The molecule has 1 rings (SSSR count). The Morgan fingerprint density at radius 2 is 1.73 bits per heavy atom.